The van der Waals surface area contributed by atoms with Gasteiger partial charge in [-0.15, -0.1) is 0 Å². The number of aliphatic hydroxyl groups is 1. The number of aryl methyl sites for hydroxylation is 1. The summed E-state index contributed by atoms with van der Waals surface area (Å²) in [4.78, 5) is 42.1. The molecule has 276 valence electrons. The molecular weight excluding hydrogens is 704 g/mol. The van der Waals surface area contributed by atoms with Gasteiger partial charge in [0.15, 0.2) is 5.72 Å². The van der Waals surface area contributed by atoms with Crippen LogP contribution in [0.15, 0.2) is 35.9 Å². The number of fused-ring (bicyclic) bond motifs is 5. The zero-order chi connectivity index (χ0) is 36.4. The number of carbonyl (C=O) groups excluding carboxylic acids is 3. The molecule has 4 aliphatic rings. The summed E-state index contributed by atoms with van der Waals surface area (Å²) in [6.07, 6.45) is 5.26. The van der Waals surface area contributed by atoms with E-state index in [1.807, 2.05) is 45.2 Å². The minimum absolute atomic E-state index is 0.00648. The molecule has 11 nitrogen and oxygen atoms in total. The molecule has 1 aromatic rings. The summed E-state index contributed by atoms with van der Waals surface area (Å²) >= 11 is 6.78. The van der Waals surface area contributed by atoms with Gasteiger partial charge in [0.05, 0.1) is 41.9 Å². The van der Waals surface area contributed by atoms with Gasteiger partial charge in [0, 0.05) is 32.2 Å². The number of esters is 1. The maximum Gasteiger partial charge on any atom is 0.409 e. The van der Waals surface area contributed by atoms with Gasteiger partial charge in [-0.25, -0.2) is 4.79 Å². The van der Waals surface area contributed by atoms with Gasteiger partial charge in [-0.3, -0.25) is 14.9 Å². The second-order valence-corrected chi connectivity index (χ2v) is 17.0. The Labute approximate surface area is 307 Å². The summed E-state index contributed by atoms with van der Waals surface area (Å²) in [7, 11) is 6.53. The van der Waals surface area contributed by atoms with Crippen molar-refractivity contribution in [3.05, 3.63) is 52.1 Å². The van der Waals surface area contributed by atoms with Crippen LogP contribution >= 0.6 is 33.2 Å². The third-order valence-corrected chi connectivity index (χ3v) is 12.6. The molecule has 0 aromatic heterocycles. The van der Waals surface area contributed by atoms with Gasteiger partial charge in [-0.05, 0) is 63.5 Å². The van der Waals surface area contributed by atoms with Crippen molar-refractivity contribution in [1.29, 1.82) is 0 Å². The number of nitrogens with zero attached hydrogens (tertiary/aromatic N) is 1. The first-order chi connectivity index (χ1) is 23.7. The smallest absolute Gasteiger partial charge is 0.409 e. The Balaban J connectivity index is 1.48. The fraction of sp³-hybridized carbons (Fsp3) is 0.639. The molecule has 0 aliphatic carbocycles. The van der Waals surface area contributed by atoms with Gasteiger partial charge in [0.1, 0.15) is 23.9 Å². The van der Waals surface area contributed by atoms with Crippen molar-refractivity contribution < 1.29 is 43.2 Å². The Morgan fingerprint density at radius 3 is 2.68 bits per heavy atom. The minimum atomic E-state index is -1.77. The van der Waals surface area contributed by atoms with Crippen molar-refractivity contribution in [2.45, 2.75) is 102 Å². The number of hydrogen-bond donors (Lipinski definition) is 2. The summed E-state index contributed by atoms with van der Waals surface area (Å²) < 4.78 is 29.8. The summed E-state index contributed by atoms with van der Waals surface area (Å²) in [6, 6.07) is 3.88. The molecule has 0 radical (unpaired) electrons. The van der Waals surface area contributed by atoms with E-state index in [4.69, 9.17) is 35.3 Å². The van der Waals surface area contributed by atoms with E-state index in [2.05, 4.69) is 5.32 Å². The highest BCUT2D eigenvalue weighted by molar-refractivity contribution is 8.76. The van der Waals surface area contributed by atoms with Crippen LogP contribution in [0.2, 0.25) is 5.02 Å². The van der Waals surface area contributed by atoms with Crippen LogP contribution in [-0.2, 0) is 39.7 Å². The summed E-state index contributed by atoms with van der Waals surface area (Å²) in [6.45, 7) is 7.77. The third-order valence-electron chi connectivity index (χ3n) is 10.3. The molecule has 2 amide bonds. The lowest BCUT2D eigenvalue weighted by Crippen LogP contribution is -2.63. The van der Waals surface area contributed by atoms with Crippen molar-refractivity contribution in [2.75, 3.05) is 37.7 Å². The van der Waals surface area contributed by atoms with Gasteiger partial charge >= 0.3 is 12.1 Å². The van der Waals surface area contributed by atoms with Gasteiger partial charge in [0.2, 0.25) is 5.91 Å². The van der Waals surface area contributed by atoms with Crippen LogP contribution in [0.25, 0.3) is 0 Å². The summed E-state index contributed by atoms with van der Waals surface area (Å²) in [5, 5.41) is 14.7. The van der Waals surface area contributed by atoms with Crippen LogP contribution in [-0.4, -0.2) is 97.7 Å². The SMILES string of the molecule is CO[C@@H]1/C=C/C=C(\C)Cc2cc(C)c(Cl)c(c2)N(C)C(=O)C[C@H](OC(=O)C2CCC(CSSC)OC2)[C@]2(C)O[C@H]2[C@H](C)C2C[C@@]1(O)NC(=O)O2. The number of halogens is 1. The van der Waals surface area contributed by atoms with Gasteiger partial charge in [-0.2, -0.15) is 0 Å². The number of epoxide rings is 1. The predicted octanol–water partition coefficient (Wildman–Crippen LogP) is 5.77. The highest BCUT2D eigenvalue weighted by atomic mass is 35.5. The molecule has 14 heteroatoms. The predicted molar refractivity (Wildman–Crippen MR) is 195 cm³/mol. The highest BCUT2D eigenvalue weighted by Crippen LogP contribution is 2.49. The van der Waals surface area contributed by atoms with E-state index >= 15 is 0 Å². The van der Waals surface area contributed by atoms with E-state index in [1.165, 1.54) is 12.0 Å². The maximum absolute atomic E-state index is 14.1. The number of allylic oxidation sites excluding steroid dienone is 3. The number of hydrogen-bond acceptors (Lipinski definition) is 11. The van der Waals surface area contributed by atoms with Crippen LogP contribution < -0.4 is 10.2 Å². The second kappa shape index (κ2) is 16.2. The zero-order valence-corrected chi connectivity index (χ0v) is 32.1. The zero-order valence-electron chi connectivity index (χ0n) is 29.7. The molecule has 1 aromatic carbocycles. The van der Waals surface area contributed by atoms with Crippen molar-refractivity contribution in [2.24, 2.45) is 11.8 Å². The second-order valence-electron chi connectivity index (χ2n) is 14.0. The average molecular weight is 753 g/mol. The number of rotatable bonds is 6. The van der Waals surface area contributed by atoms with Gasteiger partial charge < -0.3 is 33.7 Å². The average Bonchev–Trinajstić information content (AvgIpc) is 3.77. The normalized spacial score (nSPS) is 36.7. The van der Waals surface area contributed by atoms with Gasteiger partial charge in [0.25, 0.3) is 0 Å². The molecule has 3 unspecified atom stereocenters. The number of alkyl carbamates (subject to hydrolysis) is 1. The van der Waals surface area contributed by atoms with E-state index in [9.17, 15) is 19.5 Å². The third kappa shape index (κ3) is 8.67. The standard InChI is InChI=1S/C36H49ClN2O9S2/c1-20-9-8-10-28(44-6)36(43)17-27(46-34(42)38-36)22(3)32-35(4,48-32)29(47-33(41)24-11-12-25(45-18-24)19-50-49-7)16-30(40)39(5)26-15-23(13-20)14-21(2)31(26)37/h8-10,14-15,22,24-25,27-29,32,43H,11-13,16-19H2,1-7H3,(H,38,42)/b10-8+,20-9+/t22-,24?,25?,27?,28-,29+,32+,35+,36+/m1/s1. The fourth-order valence-electron chi connectivity index (χ4n) is 7.15. The Hall–Kier alpha value is -2.26. The van der Waals surface area contributed by atoms with Crippen LogP contribution in [0.4, 0.5) is 10.5 Å². The largest absolute Gasteiger partial charge is 0.458 e. The Morgan fingerprint density at radius 2 is 2.00 bits per heavy atom. The molecule has 0 saturated carbocycles. The lowest BCUT2D eigenvalue weighted by atomic mass is 9.83. The first-order valence-corrected chi connectivity index (χ1v) is 20.1. The monoisotopic (exact) mass is 752 g/mol. The van der Waals surface area contributed by atoms with Crippen LogP contribution in [0.5, 0.6) is 0 Å². The minimum Gasteiger partial charge on any atom is -0.458 e. The Morgan fingerprint density at radius 1 is 1.24 bits per heavy atom. The number of benzene rings is 1. The number of nitrogens with one attached hydrogen (secondary N) is 1. The van der Waals surface area contributed by atoms with Gasteiger partial charge in [-0.1, -0.05) is 70.0 Å². The first-order valence-electron chi connectivity index (χ1n) is 17.0. The molecular formula is C36H49ClN2O9S2. The number of amides is 2. The van der Waals surface area contributed by atoms with E-state index in [-0.39, 0.29) is 31.5 Å². The number of carbonyl (C=O) groups is 3. The van der Waals surface area contributed by atoms with Crippen molar-refractivity contribution in [3.8, 4) is 0 Å². The molecule has 0 spiro atoms. The van der Waals surface area contributed by atoms with E-state index < -0.39 is 59.6 Å². The number of methoxy groups -OCH3 is 1. The lowest BCUT2D eigenvalue weighted by Gasteiger charge is -2.42. The van der Waals surface area contributed by atoms with Crippen molar-refractivity contribution >= 4 is 56.8 Å². The van der Waals surface area contributed by atoms with Crippen LogP contribution in [0.3, 0.4) is 0 Å². The first kappa shape index (κ1) is 39.0. The highest BCUT2D eigenvalue weighted by Gasteiger charge is 2.64. The molecule has 4 bridgehead atoms. The molecule has 3 fully saturated rings. The topological polar surface area (TPSA) is 136 Å². The Kier molecular flexibility index (Phi) is 12.6. The summed E-state index contributed by atoms with van der Waals surface area (Å²) in [5.74, 6) is -0.832. The van der Waals surface area contributed by atoms with Crippen molar-refractivity contribution in [1.82, 2.24) is 5.32 Å². The fourth-order valence-corrected chi connectivity index (χ4v) is 8.80. The maximum atomic E-state index is 14.1. The van der Waals surface area contributed by atoms with E-state index in [1.54, 1.807) is 47.7 Å². The quantitative estimate of drug-likeness (QED) is 0.208. The molecule has 2 N–H and O–H groups in total. The number of anilines is 1. The molecule has 4 aliphatic heterocycles. The van der Waals surface area contributed by atoms with Crippen LogP contribution in [0.1, 0.15) is 57.6 Å². The molecule has 9 atom stereocenters. The number of ether oxygens (including phenoxy) is 5. The van der Waals surface area contributed by atoms with Crippen LogP contribution in [0, 0.1) is 18.8 Å². The van der Waals surface area contributed by atoms with E-state index in [0.29, 0.717) is 23.6 Å². The summed E-state index contributed by atoms with van der Waals surface area (Å²) in [5.41, 5.74) is 0.467. The Bertz CT molecular complexity index is 1500. The molecule has 5 rings (SSSR count). The molecule has 4 heterocycles. The van der Waals surface area contributed by atoms with E-state index in [0.717, 1.165) is 28.9 Å². The lowest BCUT2D eigenvalue weighted by molar-refractivity contribution is -0.164. The molecule has 50 heavy (non-hydrogen) atoms. The van der Waals surface area contributed by atoms with Crippen molar-refractivity contribution in [3.63, 3.8) is 0 Å². The molecule has 3 saturated heterocycles.